The standard InChI is InChI=1S/C17H12ClNO4/c1-23-14-8-9(7-13(18)15(14)20)6-12-10-4-2-3-5-11(10)16(21)19-17(12)22/h2-8,20H,1H3,(H,19,21,22)/b12-6+. The highest BCUT2D eigenvalue weighted by molar-refractivity contribution is 6.34. The van der Waals surface area contributed by atoms with Crippen molar-refractivity contribution in [3.8, 4) is 11.5 Å². The molecule has 0 atom stereocenters. The van der Waals surface area contributed by atoms with Gasteiger partial charge in [0.25, 0.3) is 11.8 Å². The van der Waals surface area contributed by atoms with Crippen molar-refractivity contribution in [1.82, 2.24) is 5.32 Å². The third kappa shape index (κ3) is 2.66. The highest BCUT2D eigenvalue weighted by Crippen LogP contribution is 2.36. The predicted molar refractivity (Wildman–Crippen MR) is 86.5 cm³/mol. The van der Waals surface area contributed by atoms with Crippen molar-refractivity contribution in [3.05, 3.63) is 58.1 Å². The number of hydrogen-bond donors (Lipinski definition) is 2. The molecule has 0 saturated heterocycles. The lowest BCUT2D eigenvalue weighted by molar-refractivity contribution is -0.114. The molecule has 0 fully saturated rings. The van der Waals surface area contributed by atoms with Crippen LogP contribution in [0.4, 0.5) is 0 Å². The fraction of sp³-hybridized carbons (Fsp3) is 0.0588. The lowest BCUT2D eigenvalue weighted by atomic mass is 9.93. The topological polar surface area (TPSA) is 75.6 Å². The summed E-state index contributed by atoms with van der Waals surface area (Å²) in [5.41, 5.74) is 1.88. The van der Waals surface area contributed by atoms with E-state index in [1.54, 1.807) is 36.4 Å². The number of carbonyl (C=O) groups excluding carboxylic acids is 2. The predicted octanol–water partition coefficient (Wildman–Crippen LogP) is 2.86. The Balaban J connectivity index is 2.16. The van der Waals surface area contributed by atoms with E-state index >= 15 is 0 Å². The first-order valence-corrected chi connectivity index (χ1v) is 7.12. The van der Waals surface area contributed by atoms with E-state index in [4.69, 9.17) is 16.3 Å². The fourth-order valence-corrected chi connectivity index (χ4v) is 2.64. The highest BCUT2D eigenvalue weighted by Gasteiger charge is 2.26. The number of nitrogens with one attached hydrogen (secondary N) is 1. The van der Waals surface area contributed by atoms with E-state index in [1.165, 1.54) is 13.2 Å². The maximum Gasteiger partial charge on any atom is 0.258 e. The third-order valence-electron chi connectivity index (χ3n) is 3.52. The molecule has 0 bridgehead atoms. The Morgan fingerprint density at radius 2 is 1.83 bits per heavy atom. The number of aromatic hydroxyl groups is 1. The first kappa shape index (κ1) is 15.1. The van der Waals surface area contributed by atoms with Crippen LogP contribution in [0.3, 0.4) is 0 Å². The summed E-state index contributed by atoms with van der Waals surface area (Å²) in [7, 11) is 1.41. The van der Waals surface area contributed by atoms with Crippen LogP contribution in [0, 0.1) is 0 Å². The molecule has 5 nitrogen and oxygen atoms in total. The molecule has 23 heavy (non-hydrogen) atoms. The monoisotopic (exact) mass is 329 g/mol. The molecule has 0 saturated carbocycles. The van der Waals surface area contributed by atoms with Gasteiger partial charge in [0, 0.05) is 11.1 Å². The van der Waals surface area contributed by atoms with Crippen molar-refractivity contribution in [1.29, 1.82) is 0 Å². The van der Waals surface area contributed by atoms with E-state index in [0.29, 0.717) is 22.3 Å². The summed E-state index contributed by atoms with van der Waals surface area (Å²) < 4.78 is 5.05. The second kappa shape index (κ2) is 5.78. The summed E-state index contributed by atoms with van der Waals surface area (Å²) in [6, 6.07) is 9.90. The van der Waals surface area contributed by atoms with Crippen molar-refractivity contribution in [2.75, 3.05) is 7.11 Å². The number of halogens is 1. The zero-order valence-corrected chi connectivity index (χ0v) is 12.8. The minimum absolute atomic E-state index is 0.108. The average molecular weight is 330 g/mol. The lowest BCUT2D eigenvalue weighted by Crippen LogP contribution is -2.36. The van der Waals surface area contributed by atoms with Crippen LogP contribution in [0.1, 0.15) is 21.5 Å². The minimum atomic E-state index is -0.489. The second-order valence-electron chi connectivity index (χ2n) is 4.94. The molecule has 2 aromatic rings. The van der Waals surface area contributed by atoms with Crippen LogP contribution < -0.4 is 10.1 Å². The SMILES string of the molecule is COc1cc(/C=C2/C(=O)NC(=O)c3ccccc32)cc(Cl)c1O. The Kier molecular flexibility index (Phi) is 3.80. The lowest BCUT2D eigenvalue weighted by Gasteiger charge is -2.18. The first-order valence-electron chi connectivity index (χ1n) is 6.74. The summed E-state index contributed by atoms with van der Waals surface area (Å²) >= 11 is 5.96. The maximum atomic E-state index is 12.2. The zero-order valence-electron chi connectivity index (χ0n) is 12.1. The molecule has 116 valence electrons. The number of carbonyl (C=O) groups is 2. The number of ether oxygens (including phenoxy) is 1. The van der Waals surface area contributed by atoms with E-state index in [2.05, 4.69) is 5.32 Å². The van der Waals surface area contributed by atoms with Gasteiger partial charge in [0.05, 0.1) is 12.1 Å². The molecule has 1 heterocycles. The Hall–Kier alpha value is -2.79. The van der Waals surface area contributed by atoms with Gasteiger partial charge < -0.3 is 9.84 Å². The molecule has 0 spiro atoms. The summed E-state index contributed by atoms with van der Waals surface area (Å²) in [5.74, 6) is -0.883. The quantitative estimate of drug-likeness (QED) is 0.656. The number of fused-ring (bicyclic) bond motifs is 1. The smallest absolute Gasteiger partial charge is 0.258 e. The molecule has 2 amide bonds. The Labute approximate surface area is 137 Å². The number of rotatable bonds is 2. The summed E-state index contributed by atoms with van der Waals surface area (Å²) in [6.07, 6.45) is 1.59. The number of phenols is 1. The molecular weight excluding hydrogens is 318 g/mol. The number of methoxy groups -OCH3 is 1. The number of imide groups is 1. The Bertz CT molecular complexity index is 858. The van der Waals surface area contributed by atoms with Gasteiger partial charge in [0.15, 0.2) is 11.5 Å². The van der Waals surface area contributed by atoms with Crippen molar-refractivity contribution >= 4 is 35.1 Å². The van der Waals surface area contributed by atoms with Gasteiger partial charge in [-0.05, 0) is 35.4 Å². The van der Waals surface area contributed by atoms with Gasteiger partial charge >= 0.3 is 0 Å². The number of phenolic OH excluding ortho intramolecular Hbond substituents is 1. The fourth-order valence-electron chi connectivity index (χ4n) is 2.42. The molecule has 3 rings (SSSR count). The molecule has 6 heteroatoms. The summed E-state index contributed by atoms with van der Waals surface area (Å²) in [4.78, 5) is 24.0. The molecule has 1 aliphatic heterocycles. The zero-order chi connectivity index (χ0) is 16.6. The van der Waals surface area contributed by atoms with Gasteiger partial charge in [-0.1, -0.05) is 29.8 Å². The van der Waals surface area contributed by atoms with Crippen molar-refractivity contribution in [2.45, 2.75) is 0 Å². The first-order chi connectivity index (χ1) is 11.0. The van der Waals surface area contributed by atoms with Crippen LogP contribution in [0.25, 0.3) is 11.6 Å². The van der Waals surface area contributed by atoms with E-state index in [-0.39, 0.29) is 16.5 Å². The molecular formula is C17H12ClNO4. The van der Waals surface area contributed by atoms with Crippen molar-refractivity contribution < 1.29 is 19.4 Å². The van der Waals surface area contributed by atoms with Crippen LogP contribution in [-0.4, -0.2) is 24.0 Å². The molecule has 0 radical (unpaired) electrons. The van der Waals surface area contributed by atoms with Gasteiger partial charge in [-0.3, -0.25) is 14.9 Å². The largest absolute Gasteiger partial charge is 0.503 e. The Morgan fingerprint density at radius 1 is 1.13 bits per heavy atom. The molecule has 0 aliphatic carbocycles. The van der Waals surface area contributed by atoms with Gasteiger partial charge in [-0.15, -0.1) is 0 Å². The van der Waals surface area contributed by atoms with Gasteiger partial charge in [-0.25, -0.2) is 0 Å². The molecule has 1 aliphatic rings. The number of benzene rings is 2. The highest BCUT2D eigenvalue weighted by atomic mass is 35.5. The molecule has 0 aromatic heterocycles. The van der Waals surface area contributed by atoms with Gasteiger partial charge in [0.2, 0.25) is 0 Å². The van der Waals surface area contributed by atoms with Crippen molar-refractivity contribution in [2.24, 2.45) is 0 Å². The van der Waals surface area contributed by atoms with E-state index in [1.807, 2.05) is 0 Å². The van der Waals surface area contributed by atoms with E-state index in [9.17, 15) is 14.7 Å². The van der Waals surface area contributed by atoms with Crippen LogP contribution in [0.2, 0.25) is 5.02 Å². The molecule has 2 N–H and O–H groups in total. The third-order valence-corrected chi connectivity index (χ3v) is 3.80. The van der Waals surface area contributed by atoms with Crippen LogP contribution in [0.15, 0.2) is 36.4 Å². The normalized spacial score (nSPS) is 15.3. The van der Waals surface area contributed by atoms with Crippen LogP contribution >= 0.6 is 11.6 Å². The van der Waals surface area contributed by atoms with Crippen LogP contribution in [-0.2, 0) is 4.79 Å². The van der Waals surface area contributed by atoms with E-state index in [0.717, 1.165) is 0 Å². The van der Waals surface area contributed by atoms with Crippen molar-refractivity contribution in [3.63, 3.8) is 0 Å². The van der Waals surface area contributed by atoms with Crippen LogP contribution in [0.5, 0.6) is 11.5 Å². The summed E-state index contributed by atoms with van der Waals surface area (Å²) in [5, 5.41) is 12.2. The molecule has 0 unspecified atom stereocenters. The minimum Gasteiger partial charge on any atom is -0.503 e. The second-order valence-corrected chi connectivity index (χ2v) is 5.35. The summed E-state index contributed by atoms with van der Waals surface area (Å²) in [6.45, 7) is 0. The number of amides is 2. The van der Waals surface area contributed by atoms with Gasteiger partial charge in [-0.2, -0.15) is 0 Å². The van der Waals surface area contributed by atoms with E-state index < -0.39 is 11.8 Å². The number of hydrogen-bond acceptors (Lipinski definition) is 4. The molecule has 2 aromatic carbocycles. The maximum absolute atomic E-state index is 12.2. The van der Waals surface area contributed by atoms with Gasteiger partial charge in [0.1, 0.15) is 0 Å². The Morgan fingerprint density at radius 3 is 2.52 bits per heavy atom. The average Bonchev–Trinajstić information content (AvgIpc) is 2.54.